The summed E-state index contributed by atoms with van der Waals surface area (Å²) in [6, 6.07) is 19.2. The van der Waals surface area contributed by atoms with Crippen LogP contribution in [0.25, 0.3) is 10.9 Å². The van der Waals surface area contributed by atoms with Gasteiger partial charge in [-0.15, -0.1) is 0 Å². The van der Waals surface area contributed by atoms with Crippen LogP contribution in [0.3, 0.4) is 0 Å². The summed E-state index contributed by atoms with van der Waals surface area (Å²) in [6.45, 7) is 9.50. The number of carbonyl (C=O) groups is 3. The van der Waals surface area contributed by atoms with Gasteiger partial charge < -0.3 is 29.2 Å². The number of nitrogens with zero attached hydrogens (tertiary/aromatic N) is 1. The van der Waals surface area contributed by atoms with Crippen molar-refractivity contribution in [2.45, 2.75) is 135 Å². The number of Topliss-reactive ketones (excluding diaryl/α,β-unsaturated/α-hetero) is 1. The molecule has 0 amide bonds. The highest BCUT2D eigenvalue weighted by atomic mass is 16.5. The second-order valence-electron chi connectivity index (χ2n) is 17.0. The van der Waals surface area contributed by atoms with Gasteiger partial charge in [-0.25, -0.2) is 4.98 Å². The van der Waals surface area contributed by atoms with Gasteiger partial charge in [-0.2, -0.15) is 0 Å². The molecule has 0 radical (unpaired) electrons. The summed E-state index contributed by atoms with van der Waals surface area (Å²) >= 11 is 0. The van der Waals surface area contributed by atoms with Crippen molar-refractivity contribution in [1.29, 1.82) is 0 Å². The van der Waals surface area contributed by atoms with Gasteiger partial charge in [0.05, 0.1) is 61.2 Å². The molecular formula is C50H65NO9. The maximum absolute atomic E-state index is 13.9. The third-order valence-corrected chi connectivity index (χ3v) is 12.8. The molecule has 60 heavy (non-hydrogen) atoms. The Labute approximate surface area is 355 Å². The van der Waals surface area contributed by atoms with Gasteiger partial charge in [-0.3, -0.25) is 14.4 Å². The van der Waals surface area contributed by atoms with E-state index in [-0.39, 0.29) is 43.7 Å². The molecule has 1 aromatic heterocycles. The van der Waals surface area contributed by atoms with Gasteiger partial charge in [0.15, 0.2) is 5.78 Å². The van der Waals surface area contributed by atoms with Crippen molar-refractivity contribution in [3.8, 4) is 5.75 Å². The number of hydrogen-bond acceptors (Lipinski definition) is 10. The number of hydrogen-bond donors (Lipinski definition) is 2. The first-order valence-electron chi connectivity index (χ1n) is 22.6. The fourth-order valence-electron chi connectivity index (χ4n) is 8.89. The summed E-state index contributed by atoms with van der Waals surface area (Å²) in [7, 11) is 0. The molecule has 1 saturated carbocycles. The van der Waals surface area contributed by atoms with Crippen LogP contribution in [0.5, 0.6) is 5.75 Å². The Morgan fingerprint density at radius 3 is 2.12 bits per heavy atom. The molecule has 3 aliphatic rings. The highest BCUT2D eigenvalue weighted by molar-refractivity contribution is 6.05. The number of ketones is 1. The van der Waals surface area contributed by atoms with Gasteiger partial charge in [0.25, 0.3) is 0 Å². The van der Waals surface area contributed by atoms with Crippen molar-refractivity contribution in [2.75, 3.05) is 19.8 Å². The van der Waals surface area contributed by atoms with E-state index >= 15 is 0 Å². The Balaban J connectivity index is 1.18. The molecule has 0 bridgehead atoms. The Morgan fingerprint density at radius 1 is 0.800 bits per heavy atom. The van der Waals surface area contributed by atoms with Crippen LogP contribution in [0.4, 0.5) is 0 Å². The van der Waals surface area contributed by atoms with Crippen LogP contribution in [-0.2, 0) is 35.0 Å². The van der Waals surface area contributed by atoms with Crippen LogP contribution in [-0.4, -0.2) is 71.1 Å². The summed E-state index contributed by atoms with van der Waals surface area (Å²) in [5, 5.41) is 23.9. The van der Waals surface area contributed by atoms with E-state index in [0.717, 1.165) is 68.9 Å². The lowest BCUT2D eigenvalue weighted by molar-refractivity contribution is -0.170. The summed E-state index contributed by atoms with van der Waals surface area (Å²) in [6.07, 6.45) is 8.53. The normalized spacial score (nSPS) is 23.8. The minimum absolute atomic E-state index is 0.0169. The third-order valence-electron chi connectivity index (χ3n) is 12.8. The molecule has 324 valence electrons. The Morgan fingerprint density at radius 2 is 1.47 bits per heavy atom. The minimum Gasteiger partial charge on any atom is -0.498 e. The second-order valence-corrected chi connectivity index (χ2v) is 17.0. The van der Waals surface area contributed by atoms with Crippen LogP contribution in [0.2, 0.25) is 0 Å². The molecule has 2 aromatic carbocycles. The van der Waals surface area contributed by atoms with Crippen LogP contribution >= 0.6 is 0 Å². The monoisotopic (exact) mass is 823 g/mol. The van der Waals surface area contributed by atoms with Crippen molar-refractivity contribution in [2.24, 2.45) is 23.7 Å². The Kier molecular flexibility index (Phi) is 16.4. The van der Waals surface area contributed by atoms with Crippen LogP contribution < -0.4 is 4.74 Å². The Bertz CT molecular complexity index is 1970. The number of aliphatic hydroxyl groups excluding tert-OH is 2. The molecule has 0 spiro atoms. The number of carbonyl (C=O) groups excluding carboxylic acids is 3. The summed E-state index contributed by atoms with van der Waals surface area (Å²) in [4.78, 5) is 46.4. The molecule has 1 heterocycles. The van der Waals surface area contributed by atoms with E-state index in [0.29, 0.717) is 47.6 Å². The van der Waals surface area contributed by atoms with Crippen molar-refractivity contribution < 1.29 is 43.5 Å². The molecule has 3 aromatic rings. The summed E-state index contributed by atoms with van der Waals surface area (Å²) in [5.41, 5.74) is 3.24. The van der Waals surface area contributed by atoms with Crippen LogP contribution in [0.1, 0.15) is 122 Å². The zero-order chi connectivity index (χ0) is 42.6. The first-order chi connectivity index (χ1) is 29.1. The van der Waals surface area contributed by atoms with Crippen molar-refractivity contribution >= 4 is 28.6 Å². The third kappa shape index (κ3) is 11.0. The molecule has 6 rings (SSSR count). The number of para-hydroxylation sites is 1. The SMILES string of the molecule is CCCCC(CC)COC(=O)C1CC(O)C(Oc2cccc3ccc(C4C(=O)C5=C(C=C(OCCc6ccccc6)CC5)C4O)nc23)CC1C(=O)OCC(CC)CCCC. The zero-order valence-electron chi connectivity index (χ0n) is 36.0. The van der Waals surface area contributed by atoms with Gasteiger partial charge in [-0.05, 0) is 66.9 Å². The zero-order valence-corrected chi connectivity index (χ0v) is 36.0. The number of benzene rings is 2. The molecule has 0 saturated heterocycles. The topological polar surface area (TPSA) is 141 Å². The fourth-order valence-corrected chi connectivity index (χ4v) is 8.89. The lowest BCUT2D eigenvalue weighted by Crippen LogP contribution is -2.48. The van der Waals surface area contributed by atoms with E-state index in [9.17, 15) is 24.6 Å². The number of allylic oxidation sites excluding steroid dienone is 2. The maximum Gasteiger partial charge on any atom is 0.309 e. The van der Waals surface area contributed by atoms with Gasteiger partial charge in [0, 0.05) is 30.2 Å². The maximum atomic E-state index is 13.9. The van der Waals surface area contributed by atoms with E-state index in [4.69, 9.17) is 23.9 Å². The van der Waals surface area contributed by atoms with Gasteiger partial charge in [-0.1, -0.05) is 115 Å². The number of ether oxygens (including phenoxy) is 4. The van der Waals surface area contributed by atoms with E-state index in [2.05, 4.69) is 39.8 Å². The number of esters is 2. The van der Waals surface area contributed by atoms with Crippen molar-refractivity contribution in [1.82, 2.24) is 4.98 Å². The molecular weight excluding hydrogens is 759 g/mol. The van der Waals surface area contributed by atoms with E-state index in [1.54, 1.807) is 12.1 Å². The number of aliphatic hydroxyl groups is 2. The number of rotatable bonds is 21. The smallest absolute Gasteiger partial charge is 0.309 e. The fraction of sp³-hybridized carbons (Fsp3) is 0.560. The summed E-state index contributed by atoms with van der Waals surface area (Å²) < 4.78 is 24.4. The first kappa shape index (κ1) is 45.0. The largest absolute Gasteiger partial charge is 0.498 e. The minimum atomic E-state index is -1.09. The molecule has 0 aliphatic heterocycles. The van der Waals surface area contributed by atoms with Gasteiger partial charge in [0.1, 0.15) is 17.4 Å². The van der Waals surface area contributed by atoms with Crippen molar-refractivity contribution in [3.05, 3.63) is 94.9 Å². The molecule has 10 heteroatoms. The predicted molar refractivity (Wildman–Crippen MR) is 231 cm³/mol. The van der Waals surface area contributed by atoms with Gasteiger partial charge in [0.2, 0.25) is 0 Å². The highest BCUT2D eigenvalue weighted by Crippen LogP contribution is 2.43. The molecule has 8 unspecified atom stereocenters. The molecule has 8 atom stereocenters. The number of fused-ring (bicyclic) bond motifs is 1. The standard InChI is InChI=1S/C50H65NO9/c1-5-9-15-32(7-3)30-58-49(55)39-28-42(52)44(29-40(39)50(56)59-31-33(8-4)16-10-6-2)60-43-20-14-19-35-21-24-41(51-46(35)43)45-47(53)37-23-22-36(27-38(37)48(45)54)57-26-25-34-17-12-11-13-18-34/h11-14,17-21,24,27,32-33,39-40,42,44-45,48,52,54H,5-10,15-16,22-23,25-26,28-31H2,1-4H3. The molecule has 10 nitrogen and oxygen atoms in total. The average Bonchev–Trinajstić information content (AvgIpc) is 3.52. The molecule has 1 fully saturated rings. The average molecular weight is 824 g/mol. The van der Waals surface area contributed by atoms with Crippen LogP contribution in [0, 0.1) is 23.7 Å². The molecule has 3 aliphatic carbocycles. The number of unbranched alkanes of at least 4 members (excludes halogenated alkanes) is 2. The van der Waals surface area contributed by atoms with Gasteiger partial charge >= 0.3 is 11.9 Å². The van der Waals surface area contributed by atoms with E-state index < -0.39 is 48.0 Å². The predicted octanol–water partition coefficient (Wildman–Crippen LogP) is 9.15. The lowest BCUT2D eigenvalue weighted by Gasteiger charge is -2.37. The number of aromatic nitrogens is 1. The highest BCUT2D eigenvalue weighted by Gasteiger charge is 2.47. The lowest BCUT2D eigenvalue weighted by atomic mass is 9.76. The molecule has 2 N–H and O–H groups in total. The van der Waals surface area contributed by atoms with Crippen LogP contribution in [0.15, 0.2) is 83.6 Å². The van der Waals surface area contributed by atoms with Crippen molar-refractivity contribution in [3.63, 3.8) is 0 Å². The number of pyridine rings is 1. The van der Waals surface area contributed by atoms with E-state index in [1.807, 2.05) is 42.5 Å². The van der Waals surface area contributed by atoms with E-state index in [1.165, 1.54) is 5.56 Å². The quantitative estimate of drug-likeness (QED) is 0.1000. The first-order valence-corrected chi connectivity index (χ1v) is 22.6. The summed E-state index contributed by atoms with van der Waals surface area (Å²) in [5.74, 6) is -2.18. The Hall–Kier alpha value is -4.54. The second kappa shape index (κ2) is 21.8.